The zero-order chi connectivity index (χ0) is 17.5. The lowest BCUT2D eigenvalue weighted by Crippen LogP contribution is -2.36. The molecule has 1 amide bonds. The number of benzene rings is 1. The first-order valence-electron chi connectivity index (χ1n) is 8.09. The van der Waals surface area contributed by atoms with Crippen LogP contribution < -0.4 is 5.32 Å². The quantitative estimate of drug-likeness (QED) is 0.620. The molecule has 0 radical (unpaired) electrons. The molecular weight excluding hydrogens is 333 g/mol. The van der Waals surface area contributed by atoms with Crippen molar-refractivity contribution in [3.05, 3.63) is 46.3 Å². The average molecular weight is 354 g/mol. The van der Waals surface area contributed by atoms with Crippen LogP contribution in [0.2, 0.25) is 5.02 Å². The van der Waals surface area contributed by atoms with Gasteiger partial charge >= 0.3 is 5.97 Å². The molecular formula is C18H21ClFNO3. The largest absolute Gasteiger partial charge is 0.449 e. The number of rotatable bonds is 6. The minimum atomic E-state index is -1.02. The van der Waals surface area contributed by atoms with E-state index in [1.54, 1.807) is 0 Å². The molecule has 0 saturated heterocycles. The fourth-order valence-electron chi connectivity index (χ4n) is 2.59. The van der Waals surface area contributed by atoms with Crippen molar-refractivity contribution in [3.8, 4) is 0 Å². The van der Waals surface area contributed by atoms with Gasteiger partial charge in [-0.05, 0) is 51.2 Å². The number of hydrogen-bond donors (Lipinski definition) is 1. The Balaban J connectivity index is 1.82. The van der Waals surface area contributed by atoms with E-state index in [0.29, 0.717) is 6.54 Å². The lowest BCUT2D eigenvalue weighted by Gasteiger charge is -2.16. The van der Waals surface area contributed by atoms with E-state index in [0.717, 1.165) is 25.3 Å². The first kappa shape index (κ1) is 18.5. The molecule has 1 atom stereocenters. The average Bonchev–Trinajstić information content (AvgIpc) is 2.55. The Hall–Kier alpha value is -1.88. The van der Waals surface area contributed by atoms with Gasteiger partial charge in [-0.3, -0.25) is 4.79 Å². The molecule has 0 aliphatic heterocycles. The molecule has 130 valence electrons. The Labute approximate surface area is 146 Å². The first-order chi connectivity index (χ1) is 11.5. The lowest BCUT2D eigenvalue weighted by molar-refractivity contribution is -0.129. The maximum Gasteiger partial charge on any atom is 0.343 e. The first-order valence-corrected chi connectivity index (χ1v) is 8.47. The van der Waals surface area contributed by atoms with Gasteiger partial charge in [-0.15, -0.1) is 0 Å². The number of halogens is 2. The van der Waals surface area contributed by atoms with Gasteiger partial charge in [-0.1, -0.05) is 29.3 Å². The molecule has 1 aliphatic rings. The zero-order valence-electron chi connectivity index (χ0n) is 13.6. The molecule has 24 heavy (non-hydrogen) atoms. The zero-order valence-corrected chi connectivity index (χ0v) is 14.4. The molecule has 0 bridgehead atoms. The van der Waals surface area contributed by atoms with Crippen LogP contribution in [-0.2, 0) is 9.53 Å². The van der Waals surface area contributed by atoms with Crippen molar-refractivity contribution in [3.63, 3.8) is 0 Å². The molecule has 1 N–H and O–H groups in total. The van der Waals surface area contributed by atoms with E-state index in [1.165, 1.54) is 37.5 Å². The molecule has 0 spiro atoms. The normalized spacial score (nSPS) is 15.4. The Morgan fingerprint density at radius 2 is 2.17 bits per heavy atom. The van der Waals surface area contributed by atoms with E-state index in [2.05, 4.69) is 11.4 Å². The summed E-state index contributed by atoms with van der Waals surface area (Å²) in [7, 11) is 0. The van der Waals surface area contributed by atoms with E-state index in [-0.39, 0.29) is 10.6 Å². The lowest BCUT2D eigenvalue weighted by atomic mass is 9.97. The van der Waals surface area contributed by atoms with Gasteiger partial charge in [0.1, 0.15) is 11.4 Å². The fraction of sp³-hybridized carbons (Fsp3) is 0.444. The molecule has 0 heterocycles. The maximum absolute atomic E-state index is 13.7. The predicted octanol–water partition coefficient (Wildman–Crippen LogP) is 4.03. The fourth-order valence-corrected chi connectivity index (χ4v) is 2.83. The second kappa shape index (κ2) is 8.83. The number of esters is 1. The highest BCUT2D eigenvalue weighted by atomic mass is 35.5. The van der Waals surface area contributed by atoms with Crippen LogP contribution in [0, 0.1) is 5.82 Å². The highest BCUT2D eigenvalue weighted by molar-refractivity contribution is 6.33. The summed E-state index contributed by atoms with van der Waals surface area (Å²) in [6.45, 7) is 1.94. The number of allylic oxidation sites excluding steroid dienone is 1. The highest BCUT2D eigenvalue weighted by Gasteiger charge is 2.23. The monoisotopic (exact) mass is 353 g/mol. The Bertz CT molecular complexity index is 625. The van der Waals surface area contributed by atoms with Crippen molar-refractivity contribution in [2.24, 2.45) is 0 Å². The number of carbonyl (C=O) groups is 2. The van der Waals surface area contributed by atoms with Crippen molar-refractivity contribution >= 4 is 23.5 Å². The summed E-state index contributed by atoms with van der Waals surface area (Å²) in [6, 6.07) is 3.90. The summed E-state index contributed by atoms with van der Waals surface area (Å²) in [5.41, 5.74) is 0.996. The molecule has 1 aromatic carbocycles. The second-order valence-electron chi connectivity index (χ2n) is 5.79. The van der Waals surface area contributed by atoms with Crippen LogP contribution >= 0.6 is 11.6 Å². The van der Waals surface area contributed by atoms with Crippen LogP contribution in [0.15, 0.2) is 29.8 Å². The Kier molecular flexibility index (Phi) is 6.79. The highest BCUT2D eigenvalue weighted by Crippen LogP contribution is 2.21. The molecule has 0 fully saturated rings. The van der Waals surface area contributed by atoms with Crippen molar-refractivity contribution < 1.29 is 18.7 Å². The van der Waals surface area contributed by atoms with Crippen molar-refractivity contribution in [1.82, 2.24) is 5.32 Å². The molecule has 0 unspecified atom stereocenters. The van der Waals surface area contributed by atoms with Gasteiger partial charge in [0.15, 0.2) is 6.10 Å². The number of nitrogens with one attached hydrogen (secondary N) is 1. The molecule has 6 heteroatoms. The number of ether oxygens (including phenoxy) is 1. The van der Waals surface area contributed by atoms with E-state index >= 15 is 0 Å². The van der Waals surface area contributed by atoms with Crippen LogP contribution in [0.1, 0.15) is 49.4 Å². The molecule has 4 nitrogen and oxygen atoms in total. The summed E-state index contributed by atoms with van der Waals surface area (Å²) in [4.78, 5) is 24.0. The van der Waals surface area contributed by atoms with Gasteiger partial charge < -0.3 is 10.1 Å². The van der Waals surface area contributed by atoms with Crippen LogP contribution in [0.25, 0.3) is 0 Å². The van der Waals surface area contributed by atoms with Crippen LogP contribution in [0.5, 0.6) is 0 Å². The molecule has 2 rings (SSSR count). The smallest absolute Gasteiger partial charge is 0.343 e. The number of hydrogen-bond acceptors (Lipinski definition) is 3. The topological polar surface area (TPSA) is 55.4 Å². The maximum atomic E-state index is 13.7. The van der Waals surface area contributed by atoms with Gasteiger partial charge in [0.2, 0.25) is 0 Å². The third-order valence-electron chi connectivity index (χ3n) is 3.95. The third-order valence-corrected chi connectivity index (χ3v) is 4.27. The Morgan fingerprint density at radius 3 is 2.83 bits per heavy atom. The van der Waals surface area contributed by atoms with Gasteiger partial charge in [0.25, 0.3) is 5.91 Å². The SMILES string of the molecule is C[C@H](OC(=O)c1c(F)cccc1Cl)C(=O)NCCC1=CCCCC1. The minimum Gasteiger partial charge on any atom is -0.449 e. The van der Waals surface area contributed by atoms with E-state index in [4.69, 9.17) is 16.3 Å². The van der Waals surface area contributed by atoms with Crippen molar-refractivity contribution in [2.75, 3.05) is 6.54 Å². The van der Waals surface area contributed by atoms with Gasteiger partial charge in [0, 0.05) is 6.54 Å². The Morgan fingerprint density at radius 1 is 1.38 bits per heavy atom. The summed E-state index contributed by atoms with van der Waals surface area (Å²) in [5.74, 6) is -2.13. The summed E-state index contributed by atoms with van der Waals surface area (Å²) in [6.07, 6.45) is 6.59. The van der Waals surface area contributed by atoms with Gasteiger partial charge in [-0.2, -0.15) is 0 Å². The summed E-state index contributed by atoms with van der Waals surface area (Å²) < 4.78 is 18.7. The third kappa shape index (κ3) is 5.06. The van der Waals surface area contributed by atoms with Crippen LogP contribution in [0.4, 0.5) is 4.39 Å². The predicted molar refractivity (Wildman–Crippen MR) is 90.5 cm³/mol. The number of amides is 1. The number of carbonyl (C=O) groups excluding carboxylic acids is 2. The molecule has 0 saturated carbocycles. The molecule has 0 aromatic heterocycles. The van der Waals surface area contributed by atoms with Crippen molar-refractivity contribution in [2.45, 2.75) is 45.1 Å². The van der Waals surface area contributed by atoms with E-state index < -0.39 is 23.8 Å². The summed E-state index contributed by atoms with van der Waals surface area (Å²) in [5, 5.41) is 2.69. The molecule has 1 aliphatic carbocycles. The molecule has 1 aromatic rings. The van der Waals surface area contributed by atoms with Crippen molar-refractivity contribution in [1.29, 1.82) is 0 Å². The van der Waals surface area contributed by atoms with E-state index in [9.17, 15) is 14.0 Å². The van der Waals surface area contributed by atoms with Gasteiger partial charge in [-0.25, -0.2) is 9.18 Å². The summed E-state index contributed by atoms with van der Waals surface area (Å²) >= 11 is 5.81. The van der Waals surface area contributed by atoms with E-state index in [1.807, 2.05) is 0 Å². The van der Waals surface area contributed by atoms with Crippen LogP contribution in [-0.4, -0.2) is 24.5 Å². The minimum absolute atomic E-state index is 0.0446. The van der Waals surface area contributed by atoms with Gasteiger partial charge in [0.05, 0.1) is 5.02 Å². The van der Waals surface area contributed by atoms with Crippen LogP contribution in [0.3, 0.4) is 0 Å². The standard InChI is InChI=1S/C18H21ClFNO3/c1-12(17(22)21-11-10-13-6-3-2-4-7-13)24-18(23)16-14(19)8-5-9-15(16)20/h5-6,8-9,12H,2-4,7,10-11H2,1H3,(H,21,22)/t12-/m0/s1. The second-order valence-corrected chi connectivity index (χ2v) is 6.20.